The second kappa shape index (κ2) is 5.89. The van der Waals surface area contributed by atoms with Crippen molar-refractivity contribution in [2.24, 2.45) is 0 Å². The lowest BCUT2D eigenvalue weighted by molar-refractivity contribution is 0.467. The van der Waals surface area contributed by atoms with Crippen molar-refractivity contribution in [3.05, 3.63) is 68.6 Å². The predicted octanol–water partition coefficient (Wildman–Crippen LogP) is 4.30. The van der Waals surface area contributed by atoms with Crippen LogP contribution in [-0.4, -0.2) is 10.2 Å². The molecule has 0 bridgehead atoms. The maximum Gasteiger partial charge on any atom is 0.343 e. The lowest BCUT2D eigenvalue weighted by Crippen LogP contribution is -2.05. The van der Waals surface area contributed by atoms with E-state index in [1.165, 1.54) is 6.07 Å². The number of rotatable bonds is 2. The van der Waals surface area contributed by atoms with E-state index in [2.05, 4.69) is 0 Å². The van der Waals surface area contributed by atoms with E-state index >= 15 is 0 Å². The van der Waals surface area contributed by atoms with E-state index in [-0.39, 0.29) is 11.5 Å². The SMILES string of the molecule is Cc1cc(/C=C/c2c(C)c3ccc(O)cc3oc2=O)cc(C)c1O. The molecule has 0 atom stereocenters. The zero-order chi connectivity index (χ0) is 17.4. The van der Waals surface area contributed by atoms with Crippen molar-refractivity contribution in [3.8, 4) is 11.5 Å². The highest BCUT2D eigenvalue weighted by Crippen LogP contribution is 2.26. The van der Waals surface area contributed by atoms with Crippen LogP contribution in [0, 0.1) is 20.8 Å². The zero-order valence-corrected chi connectivity index (χ0v) is 13.8. The number of phenolic OH excluding ortho intramolecular Hbond substituents is 2. The molecule has 0 saturated carbocycles. The minimum atomic E-state index is -0.450. The first kappa shape index (κ1) is 15.9. The lowest BCUT2D eigenvalue weighted by atomic mass is 10.0. The van der Waals surface area contributed by atoms with Gasteiger partial charge < -0.3 is 14.6 Å². The molecule has 4 heteroatoms. The van der Waals surface area contributed by atoms with Gasteiger partial charge >= 0.3 is 5.63 Å². The molecule has 2 aromatic carbocycles. The fourth-order valence-electron chi connectivity index (χ4n) is 2.82. The van der Waals surface area contributed by atoms with Crippen molar-refractivity contribution in [3.63, 3.8) is 0 Å². The number of fused-ring (bicyclic) bond motifs is 1. The maximum absolute atomic E-state index is 12.2. The highest BCUT2D eigenvalue weighted by Gasteiger charge is 2.10. The summed E-state index contributed by atoms with van der Waals surface area (Å²) in [5, 5.41) is 20.1. The number of aryl methyl sites for hydroxylation is 3. The van der Waals surface area contributed by atoms with Gasteiger partial charge in [0.25, 0.3) is 0 Å². The van der Waals surface area contributed by atoms with Gasteiger partial charge in [-0.2, -0.15) is 0 Å². The third kappa shape index (κ3) is 2.78. The molecule has 0 saturated heterocycles. The maximum atomic E-state index is 12.2. The van der Waals surface area contributed by atoms with E-state index in [0.29, 0.717) is 11.1 Å². The molecule has 0 spiro atoms. The summed E-state index contributed by atoms with van der Waals surface area (Å²) in [7, 11) is 0. The predicted molar refractivity (Wildman–Crippen MR) is 95.4 cm³/mol. The standard InChI is InChI=1S/C20H18O4/c1-11-8-14(9-12(2)19(11)22)4-6-17-13(3)16-7-5-15(21)10-18(16)24-20(17)23/h4-10,21-22H,1-3H3/b6-4+. The summed E-state index contributed by atoms with van der Waals surface area (Å²) in [5.41, 5.74) is 3.65. The molecule has 2 N–H and O–H groups in total. The number of aromatic hydroxyl groups is 2. The van der Waals surface area contributed by atoms with Crippen molar-refractivity contribution >= 4 is 23.1 Å². The third-order valence-corrected chi connectivity index (χ3v) is 4.15. The fraction of sp³-hybridized carbons (Fsp3) is 0.150. The first-order valence-corrected chi connectivity index (χ1v) is 7.61. The van der Waals surface area contributed by atoms with E-state index in [1.54, 1.807) is 18.2 Å². The van der Waals surface area contributed by atoms with Gasteiger partial charge in [0.15, 0.2) is 0 Å². The summed E-state index contributed by atoms with van der Waals surface area (Å²) in [4.78, 5) is 12.2. The van der Waals surface area contributed by atoms with Crippen LogP contribution < -0.4 is 5.63 Å². The van der Waals surface area contributed by atoms with Gasteiger partial charge in [0, 0.05) is 11.5 Å². The highest BCUT2D eigenvalue weighted by atomic mass is 16.4. The van der Waals surface area contributed by atoms with E-state index in [4.69, 9.17) is 4.42 Å². The van der Waals surface area contributed by atoms with Crippen LogP contribution in [0.3, 0.4) is 0 Å². The Kier molecular flexibility index (Phi) is 3.89. The Hall–Kier alpha value is -3.01. The molecule has 0 aliphatic heterocycles. The summed E-state index contributed by atoms with van der Waals surface area (Å²) >= 11 is 0. The largest absolute Gasteiger partial charge is 0.508 e. The average molecular weight is 322 g/mol. The first-order chi connectivity index (χ1) is 11.4. The van der Waals surface area contributed by atoms with Crippen LogP contribution >= 0.6 is 0 Å². The molecule has 0 amide bonds. The molecule has 1 heterocycles. The third-order valence-electron chi connectivity index (χ3n) is 4.15. The monoisotopic (exact) mass is 322 g/mol. The Bertz CT molecular complexity index is 1000. The van der Waals surface area contributed by atoms with Gasteiger partial charge in [-0.1, -0.05) is 6.08 Å². The van der Waals surface area contributed by atoms with Gasteiger partial charge in [-0.3, -0.25) is 0 Å². The Balaban J connectivity index is 2.10. The summed E-state index contributed by atoms with van der Waals surface area (Å²) < 4.78 is 5.30. The lowest BCUT2D eigenvalue weighted by Gasteiger charge is -2.06. The van der Waals surface area contributed by atoms with E-state index in [9.17, 15) is 15.0 Å². The molecule has 3 aromatic rings. The van der Waals surface area contributed by atoms with Crippen LogP contribution in [0.4, 0.5) is 0 Å². The second-order valence-corrected chi connectivity index (χ2v) is 5.95. The van der Waals surface area contributed by atoms with Crippen molar-refractivity contribution < 1.29 is 14.6 Å². The molecule has 24 heavy (non-hydrogen) atoms. The van der Waals surface area contributed by atoms with Crippen molar-refractivity contribution in [1.29, 1.82) is 0 Å². The van der Waals surface area contributed by atoms with Crippen molar-refractivity contribution in [1.82, 2.24) is 0 Å². The summed E-state index contributed by atoms with van der Waals surface area (Å²) in [6.07, 6.45) is 3.55. The molecule has 3 rings (SSSR count). The molecule has 1 aromatic heterocycles. The Morgan fingerprint density at radius 2 is 1.62 bits per heavy atom. The van der Waals surface area contributed by atoms with Gasteiger partial charge in [-0.25, -0.2) is 4.79 Å². The number of benzene rings is 2. The van der Waals surface area contributed by atoms with Gasteiger partial charge in [-0.05, 0) is 73.4 Å². The molecular weight excluding hydrogens is 304 g/mol. The molecule has 0 aliphatic rings. The number of hydrogen-bond donors (Lipinski definition) is 2. The average Bonchev–Trinajstić information content (AvgIpc) is 2.51. The Labute approximate surface area is 139 Å². The molecule has 0 unspecified atom stereocenters. The molecule has 0 aliphatic carbocycles. The van der Waals surface area contributed by atoms with Gasteiger partial charge in [0.1, 0.15) is 17.1 Å². The van der Waals surface area contributed by atoms with Crippen LogP contribution in [0.2, 0.25) is 0 Å². The Morgan fingerprint density at radius 3 is 2.29 bits per heavy atom. The van der Waals surface area contributed by atoms with Crippen molar-refractivity contribution in [2.75, 3.05) is 0 Å². The fourth-order valence-corrected chi connectivity index (χ4v) is 2.82. The minimum Gasteiger partial charge on any atom is -0.508 e. The first-order valence-electron chi connectivity index (χ1n) is 7.61. The molecule has 0 radical (unpaired) electrons. The van der Waals surface area contributed by atoms with E-state index < -0.39 is 5.63 Å². The minimum absolute atomic E-state index is 0.0587. The summed E-state index contributed by atoms with van der Waals surface area (Å²) in [6.45, 7) is 5.52. The Morgan fingerprint density at radius 1 is 0.958 bits per heavy atom. The number of phenols is 2. The van der Waals surface area contributed by atoms with Crippen LogP contribution in [0.1, 0.15) is 27.8 Å². The molecule has 122 valence electrons. The zero-order valence-electron chi connectivity index (χ0n) is 13.8. The highest BCUT2D eigenvalue weighted by molar-refractivity contribution is 5.85. The summed E-state index contributed by atoms with van der Waals surface area (Å²) in [6, 6.07) is 8.44. The van der Waals surface area contributed by atoms with Crippen LogP contribution in [0.15, 0.2) is 39.5 Å². The van der Waals surface area contributed by atoms with Crippen LogP contribution in [-0.2, 0) is 0 Å². The molecule has 0 fully saturated rings. The topological polar surface area (TPSA) is 70.7 Å². The molecule has 4 nitrogen and oxygen atoms in total. The quantitative estimate of drug-likeness (QED) is 0.690. The van der Waals surface area contributed by atoms with Crippen molar-refractivity contribution in [2.45, 2.75) is 20.8 Å². The van der Waals surface area contributed by atoms with Crippen LogP contribution in [0.25, 0.3) is 23.1 Å². The van der Waals surface area contributed by atoms with E-state index in [0.717, 1.165) is 27.6 Å². The van der Waals surface area contributed by atoms with Gasteiger partial charge in [-0.15, -0.1) is 0 Å². The summed E-state index contributed by atoms with van der Waals surface area (Å²) in [5.74, 6) is 0.344. The number of hydrogen-bond acceptors (Lipinski definition) is 4. The normalized spacial score (nSPS) is 11.5. The van der Waals surface area contributed by atoms with Crippen LogP contribution in [0.5, 0.6) is 11.5 Å². The molecular formula is C20H18O4. The smallest absolute Gasteiger partial charge is 0.343 e. The van der Waals surface area contributed by atoms with Gasteiger partial charge in [0.05, 0.1) is 5.56 Å². The second-order valence-electron chi connectivity index (χ2n) is 5.95. The van der Waals surface area contributed by atoms with E-state index in [1.807, 2.05) is 39.0 Å². The van der Waals surface area contributed by atoms with Gasteiger partial charge in [0.2, 0.25) is 0 Å².